The fourth-order valence-electron chi connectivity index (χ4n) is 2.02. The van der Waals surface area contributed by atoms with Gasteiger partial charge in [-0.2, -0.15) is 5.10 Å². The van der Waals surface area contributed by atoms with Crippen molar-refractivity contribution in [3.05, 3.63) is 12.2 Å². The highest BCUT2D eigenvalue weighted by Crippen LogP contribution is 2.27. The van der Waals surface area contributed by atoms with Gasteiger partial charge in [0.2, 0.25) is 0 Å². The van der Waals surface area contributed by atoms with E-state index in [1.165, 1.54) is 32.1 Å². The molecule has 82 valence electrons. The number of nitrogens with one attached hydrogen (secondary N) is 1. The molecule has 2 aliphatic rings. The molecule has 0 unspecified atom stereocenters. The summed E-state index contributed by atoms with van der Waals surface area (Å²) in [6.07, 6.45) is 8.48. The maximum absolute atomic E-state index is 4.32. The van der Waals surface area contributed by atoms with Gasteiger partial charge >= 0.3 is 0 Å². The minimum atomic E-state index is 0.749. The zero-order valence-corrected chi connectivity index (χ0v) is 9.02. The van der Waals surface area contributed by atoms with Crippen LogP contribution in [0, 0.1) is 5.92 Å². The molecule has 4 nitrogen and oxygen atoms in total. The van der Waals surface area contributed by atoms with Crippen LogP contribution in [-0.2, 0) is 13.1 Å². The molecule has 1 heterocycles. The Balaban J connectivity index is 1.57. The van der Waals surface area contributed by atoms with E-state index in [1.54, 1.807) is 6.33 Å². The maximum atomic E-state index is 4.32. The van der Waals surface area contributed by atoms with E-state index in [1.807, 2.05) is 0 Å². The Hall–Kier alpha value is -0.900. The highest BCUT2D eigenvalue weighted by Gasteiger charge is 2.22. The second-order valence-electron chi connectivity index (χ2n) is 4.81. The van der Waals surface area contributed by atoms with Crippen LogP contribution in [0.15, 0.2) is 6.33 Å². The van der Waals surface area contributed by atoms with Crippen LogP contribution in [-0.4, -0.2) is 20.8 Å². The summed E-state index contributed by atoms with van der Waals surface area (Å²) in [4.78, 5) is 4.32. The molecule has 15 heavy (non-hydrogen) atoms. The third-order valence-corrected chi connectivity index (χ3v) is 3.48. The smallest absolute Gasteiger partial charge is 0.140 e. The standard InChI is InChI=1S/C11H18N4/c1-2-9(3-1)7-15-11(13-8-14-15)6-12-10-4-5-10/h8-10,12H,1-7H2. The van der Waals surface area contributed by atoms with Crippen LogP contribution < -0.4 is 5.32 Å². The lowest BCUT2D eigenvalue weighted by molar-refractivity contribution is 0.262. The van der Waals surface area contributed by atoms with E-state index in [0.29, 0.717) is 0 Å². The molecule has 0 atom stereocenters. The molecule has 0 radical (unpaired) electrons. The average Bonchev–Trinajstić information content (AvgIpc) is 2.89. The number of nitrogens with zero attached hydrogens (tertiary/aromatic N) is 3. The molecule has 2 aliphatic carbocycles. The largest absolute Gasteiger partial charge is 0.307 e. The minimum Gasteiger partial charge on any atom is -0.307 e. The molecule has 0 saturated heterocycles. The molecular formula is C11H18N4. The van der Waals surface area contributed by atoms with Gasteiger partial charge in [-0.15, -0.1) is 0 Å². The Kier molecular flexibility index (Phi) is 2.44. The molecule has 3 rings (SSSR count). The minimum absolute atomic E-state index is 0.749. The number of aromatic nitrogens is 3. The number of rotatable bonds is 5. The summed E-state index contributed by atoms with van der Waals surface area (Å²) in [5, 5.41) is 7.79. The van der Waals surface area contributed by atoms with Gasteiger partial charge in [0.25, 0.3) is 0 Å². The van der Waals surface area contributed by atoms with E-state index >= 15 is 0 Å². The molecule has 1 aromatic heterocycles. The maximum Gasteiger partial charge on any atom is 0.140 e. The number of hydrogen-bond donors (Lipinski definition) is 1. The van der Waals surface area contributed by atoms with E-state index in [9.17, 15) is 0 Å². The summed E-state index contributed by atoms with van der Waals surface area (Å²) in [6.45, 7) is 1.96. The molecule has 0 spiro atoms. The van der Waals surface area contributed by atoms with E-state index in [-0.39, 0.29) is 0 Å². The van der Waals surface area contributed by atoms with E-state index < -0.39 is 0 Å². The first-order valence-corrected chi connectivity index (χ1v) is 6.02. The molecule has 0 aromatic carbocycles. The second-order valence-corrected chi connectivity index (χ2v) is 4.81. The quantitative estimate of drug-likeness (QED) is 0.790. The number of hydrogen-bond acceptors (Lipinski definition) is 3. The first kappa shape index (κ1) is 9.33. The van der Waals surface area contributed by atoms with Crippen LogP contribution in [0.3, 0.4) is 0 Å². The van der Waals surface area contributed by atoms with Crippen LogP contribution in [0.2, 0.25) is 0 Å². The molecule has 0 aliphatic heterocycles. The fraction of sp³-hybridized carbons (Fsp3) is 0.818. The highest BCUT2D eigenvalue weighted by atomic mass is 15.3. The topological polar surface area (TPSA) is 42.7 Å². The van der Waals surface area contributed by atoms with Crippen molar-refractivity contribution in [2.24, 2.45) is 5.92 Å². The van der Waals surface area contributed by atoms with Crippen molar-refractivity contribution in [3.8, 4) is 0 Å². The summed E-state index contributed by atoms with van der Waals surface area (Å²) >= 11 is 0. The monoisotopic (exact) mass is 206 g/mol. The molecule has 4 heteroatoms. The third-order valence-electron chi connectivity index (χ3n) is 3.48. The van der Waals surface area contributed by atoms with Crippen molar-refractivity contribution in [2.45, 2.75) is 51.2 Å². The normalized spacial score (nSPS) is 21.6. The summed E-state index contributed by atoms with van der Waals surface area (Å²) < 4.78 is 2.08. The van der Waals surface area contributed by atoms with Gasteiger partial charge < -0.3 is 5.32 Å². The van der Waals surface area contributed by atoms with Crippen molar-refractivity contribution >= 4 is 0 Å². The Morgan fingerprint density at radius 2 is 2.20 bits per heavy atom. The van der Waals surface area contributed by atoms with Crippen LogP contribution in [0.1, 0.15) is 37.9 Å². The molecular weight excluding hydrogens is 188 g/mol. The van der Waals surface area contributed by atoms with Crippen LogP contribution >= 0.6 is 0 Å². The predicted octanol–water partition coefficient (Wildman–Crippen LogP) is 1.33. The van der Waals surface area contributed by atoms with E-state index in [0.717, 1.165) is 30.9 Å². The zero-order chi connectivity index (χ0) is 10.1. The van der Waals surface area contributed by atoms with Crippen LogP contribution in [0.25, 0.3) is 0 Å². The van der Waals surface area contributed by atoms with Crippen molar-refractivity contribution in [3.63, 3.8) is 0 Å². The van der Waals surface area contributed by atoms with Crippen molar-refractivity contribution in [1.82, 2.24) is 20.1 Å². The van der Waals surface area contributed by atoms with Gasteiger partial charge in [-0.05, 0) is 31.6 Å². The molecule has 1 aromatic rings. The van der Waals surface area contributed by atoms with E-state index in [4.69, 9.17) is 0 Å². The van der Waals surface area contributed by atoms with Gasteiger partial charge in [0, 0.05) is 12.6 Å². The lowest BCUT2D eigenvalue weighted by Gasteiger charge is -2.25. The molecule has 0 bridgehead atoms. The second kappa shape index (κ2) is 3.93. The Morgan fingerprint density at radius 1 is 1.33 bits per heavy atom. The van der Waals surface area contributed by atoms with Gasteiger partial charge in [-0.3, -0.25) is 0 Å². The Morgan fingerprint density at radius 3 is 2.87 bits per heavy atom. The summed E-state index contributed by atoms with van der Waals surface area (Å²) in [5.74, 6) is 1.96. The highest BCUT2D eigenvalue weighted by molar-refractivity contribution is 4.89. The van der Waals surface area contributed by atoms with Gasteiger partial charge in [-0.25, -0.2) is 9.67 Å². The lowest BCUT2D eigenvalue weighted by atomic mass is 9.85. The Labute approximate surface area is 90.1 Å². The summed E-state index contributed by atoms with van der Waals surface area (Å²) in [7, 11) is 0. The first-order valence-electron chi connectivity index (χ1n) is 6.02. The predicted molar refractivity (Wildman–Crippen MR) is 57.2 cm³/mol. The van der Waals surface area contributed by atoms with Crippen molar-refractivity contribution in [2.75, 3.05) is 0 Å². The Bertz CT molecular complexity index is 325. The fourth-order valence-corrected chi connectivity index (χ4v) is 2.02. The SMILES string of the molecule is c1nc(CNC2CC2)n(CC2CCC2)n1. The molecule has 1 N–H and O–H groups in total. The van der Waals surface area contributed by atoms with Gasteiger partial charge in [0.1, 0.15) is 12.2 Å². The lowest BCUT2D eigenvalue weighted by Crippen LogP contribution is -2.23. The van der Waals surface area contributed by atoms with Gasteiger partial charge in [0.05, 0.1) is 6.54 Å². The van der Waals surface area contributed by atoms with E-state index in [2.05, 4.69) is 20.1 Å². The first-order chi connectivity index (χ1) is 7.42. The molecule has 2 fully saturated rings. The third kappa shape index (κ3) is 2.20. The van der Waals surface area contributed by atoms with Crippen LogP contribution in [0.4, 0.5) is 0 Å². The summed E-state index contributed by atoms with van der Waals surface area (Å²) in [5.41, 5.74) is 0. The average molecular weight is 206 g/mol. The summed E-state index contributed by atoms with van der Waals surface area (Å²) in [6, 6.07) is 0.749. The van der Waals surface area contributed by atoms with Crippen molar-refractivity contribution in [1.29, 1.82) is 0 Å². The van der Waals surface area contributed by atoms with Gasteiger partial charge in [-0.1, -0.05) is 6.42 Å². The zero-order valence-electron chi connectivity index (χ0n) is 9.02. The molecule has 2 saturated carbocycles. The van der Waals surface area contributed by atoms with Gasteiger partial charge in [0.15, 0.2) is 0 Å². The van der Waals surface area contributed by atoms with Crippen LogP contribution in [0.5, 0.6) is 0 Å². The van der Waals surface area contributed by atoms with Crippen molar-refractivity contribution < 1.29 is 0 Å². The molecule has 0 amide bonds.